The summed E-state index contributed by atoms with van der Waals surface area (Å²) >= 11 is 0. The van der Waals surface area contributed by atoms with Crippen molar-refractivity contribution < 1.29 is 14.3 Å². The summed E-state index contributed by atoms with van der Waals surface area (Å²) in [6.07, 6.45) is 1.69. The van der Waals surface area contributed by atoms with E-state index in [1.807, 2.05) is 43.9 Å². The first-order chi connectivity index (χ1) is 11.5. The van der Waals surface area contributed by atoms with Crippen molar-refractivity contribution in [2.24, 2.45) is 0 Å². The van der Waals surface area contributed by atoms with Crippen LogP contribution in [-0.4, -0.2) is 24.8 Å². The van der Waals surface area contributed by atoms with E-state index in [1.54, 1.807) is 12.1 Å². The molecule has 0 aromatic heterocycles. The molecule has 4 nitrogen and oxygen atoms in total. The zero-order chi connectivity index (χ0) is 17.3. The molecule has 1 amide bonds. The fourth-order valence-corrected chi connectivity index (χ4v) is 3.43. The van der Waals surface area contributed by atoms with Crippen LogP contribution in [0.2, 0.25) is 0 Å². The quantitative estimate of drug-likeness (QED) is 0.809. The molecule has 0 N–H and O–H groups in total. The van der Waals surface area contributed by atoms with E-state index in [0.29, 0.717) is 11.3 Å². The van der Waals surface area contributed by atoms with Crippen LogP contribution in [0, 0.1) is 13.8 Å². The van der Waals surface area contributed by atoms with Gasteiger partial charge in [0.1, 0.15) is 12.0 Å². The van der Waals surface area contributed by atoms with Gasteiger partial charge in [-0.2, -0.15) is 0 Å². The van der Waals surface area contributed by atoms with Crippen molar-refractivity contribution in [3.63, 3.8) is 0 Å². The molecule has 0 saturated heterocycles. The number of carbonyl (C=O) groups excluding carboxylic acids is 2. The summed E-state index contributed by atoms with van der Waals surface area (Å²) < 4.78 is 5.80. The zero-order valence-electron chi connectivity index (χ0n) is 14.2. The lowest BCUT2D eigenvalue weighted by Crippen LogP contribution is -2.39. The number of hydrogen-bond donors (Lipinski definition) is 0. The van der Waals surface area contributed by atoms with Crippen LogP contribution >= 0.6 is 0 Å². The number of nitrogens with zero attached hydrogens (tertiary/aromatic N) is 1. The Balaban J connectivity index is 1.76. The molecule has 1 aliphatic heterocycles. The van der Waals surface area contributed by atoms with Crippen molar-refractivity contribution in [3.8, 4) is 5.75 Å². The summed E-state index contributed by atoms with van der Waals surface area (Å²) in [5.41, 5.74) is 4.51. The van der Waals surface area contributed by atoms with Gasteiger partial charge in [0.05, 0.1) is 0 Å². The Morgan fingerprint density at radius 1 is 1.25 bits per heavy atom. The molecule has 3 rings (SSSR count). The first-order valence-corrected chi connectivity index (χ1v) is 8.10. The minimum absolute atomic E-state index is 0.0131. The molecule has 124 valence electrons. The number of para-hydroxylation sites is 1. The molecule has 0 saturated carbocycles. The van der Waals surface area contributed by atoms with Crippen molar-refractivity contribution in [2.75, 3.05) is 11.5 Å². The van der Waals surface area contributed by atoms with E-state index in [4.69, 9.17) is 4.74 Å². The number of amides is 1. The van der Waals surface area contributed by atoms with Crippen LogP contribution in [0.5, 0.6) is 5.75 Å². The van der Waals surface area contributed by atoms with Crippen molar-refractivity contribution in [3.05, 3.63) is 58.7 Å². The van der Waals surface area contributed by atoms with E-state index >= 15 is 0 Å². The first kappa shape index (κ1) is 16.2. The molecule has 0 unspecified atom stereocenters. The maximum atomic E-state index is 12.7. The molecular weight excluding hydrogens is 302 g/mol. The number of carbonyl (C=O) groups is 2. The van der Waals surface area contributed by atoms with Gasteiger partial charge in [0.25, 0.3) is 5.91 Å². The Hall–Kier alpha value is -2.62. The highest BCUT2D eigenvalue weighted by Crippen LogP contribution is 2.32. The van der Waals surface area contributed by atoms with Crippen LogP contribution in [0.15, 0.2) is 36.4 Å². The molecule has 4 heteroatoms. The summed E-state index contributed by atoms with van der Waals surface area (Å²) in [4.78, 5) is 25.4. The molecule has 24 heavy (non-hydrogen) atoms. The fourth-order valence-electron chi connectivity index (χ4n) is 3.43. The predicted octanol–water partition coefficient (Wildman–Crippen LogP) is 3.47. The van der Waals surface area contributed by atoms with Crippen LogP contribution in [-0.2, 0) is 11.2 Å². The zero-order valence-corrected chi connectivity index (χ0v) is 14.2. The number of benzene rings is 2. The third kappa shape index (κ3) is 2.92. The SMILES string of the molecule is Cc1cc(C=O)cc(C)c1OCC(=O)N1c2ccccc2C[C@H]1C. The molecule has 0 aliphatic carbocycles. The highest BCUT2D eigenvalue weighted by atomic mass is 16.5. The number of ether oxygens (including phenoxy) is 1. The Morgan fingerprint density at radius 2 is 1.92 bits per heavy atom. The average molecular weight is 323 g/mol. The Kier molecular flexibility index (Phi) is 4.38. The standard InChI is InChI=1S/C20H21NO3/c1-13-8-16(11-22)9-14(2)20(13)24-12-19(23)21-15(3)10-17-6-4-5-7-18(17)21/h4-9,11,15H,10,12H2,1-3H3/t15-/m1/s1. The third-order valence-electron chi connectivity index (χ3n) is 4.43. The van der Waals surface area contributed by atoms with Gasteiger partial charge in [-0.25, -0.2) is 0 Å². The van der Waals surface area contributed by atoms with Gasteiger partial charge in [-0.05, 0) is 62.1 Å². The summed E-state index contributed by atoms with van der Waals surface area (Å²) in [6, 6.07) is 11.7. The number of rotatable bonds is 4. The lowest BCUT2D eigenvalue weighted by molar-refractivity contribution is -0.120. The molecule has 2 aromatic rings. The van der Waals surface area contributed by atoms with Crippen molar-refractivity contribution in [1.29, 1.82) is 0 Å². The summed E-state index contributed by atoms with van der Waals surface area (Å²) in [5.74, 6) is 0.625. The Morgan fingerprint density at radius 3 is 2.58 bits per heavy atom. The second kappa shape index (κ2) is 6.48. The van der Waals surface area contributed by atoms with Crippen molar-refractivity contribution in [2.45, 2.75) is 33.2 Å². The van der Waals surface area contributed by atoms with E-state index < -0.39 is 0 Å². The van der Waals surface area contributed by atoms with Gasteiger partial charge in [0.15, 0.2) is 6.61 Å². The second-order valence-electron chi connectivity index (χ2n) is 6.34. The topological polar surface area (TPSA) is 46.6 Å². The lowest BCUT2D eigenvalue weighted by atomic mass is 10.1. The molecule has 1 aliphatic rings. The molecular formula is C20H21NO3. The number of anilines is 1. The number of hydrogen-bond acceptors (Lipinski definition) is 3. The third-order valence-corrected chi connectivity index (χ3v) is 4.43. The summed E-state index contributed by atoms with van der Waals surface area (Å²) in [5, 5.41) is 0. The molecule has 0 spiro atoms. The molecule has 1 atom stereocenters. The van der Waals surface area contributed by atoms with Crippen LogP contribution in [0.1, 0.15) is 34.0 Å². The van der Waals surface area contributed by atoms with E-state index in [2.05, 4.69) is 6.07 Å². The van der Waals surface area contributed by atoms with Crippen molar-refractivity contribution >= 4 is 17.9 Å². The van der Waals surface area contributed by atoms with Gasteiger partial charge < -0.3 is 9.64 Å². The highest BCUT2D eigenvalue weighted by Gasteiger charge is 2.30. The lowest BCUT2D eigenvalue weighted by Gasteiger charge is -2.23. The summed E-state index contributed by atoms with van der Waals surface area (Å²) in [6.45, 7) is 5.80. The Labute approximate surface area is 142 Å². The maximum absolute atomic E-state index is 12.7. The van der Waals surface area contributed by atoms with E-state index in [-0.39, 0.29) is 18.6 Å². The van der Waals surface area contributed by atoms with Crippen LogP contribution in [0.4, 0.5) is 5.69 Å². The minimum Gasteiger partial charge on any atom is -0.483 e. The molecule has 0 fully saturated rings. The first-order valence-electron chi connectivity index (χ1n) is 8.10. The minimum atomic E-state index is -0.0503. The highest BCUT2D eigenvalue weighted by molar-refractivity contribution is 5.97. The van der Waals surface area contributed by atoms with Gasteiger partial charge in [-0.3, -0.25) is 9.59 Å². The van der Waals surface area contributed by atoms with Gasteiger partial charge >= 0.3 is 0 Å². The monoisotopic (exact) mass is 323 g/mol. The Bertz CT molecular complexity index is 774. The van der Waals surface area contributed by atoms with Gasteiger partial charge in [-0.1, -0.05) is 18.2 Å². The largest absolute Gasteiger partial charge is 0.483 e. The van der Waals surface area contributed by atoms with Crippen LogP contribution in [0.25, 0.3) is 0 Å². The number of aldehydes is 1. The van der Waals surface area contributed by atoms with Gasteiger partial charge in [0, 0.05) is 17.3 Å². The van der Waals surface area contributed by atoms with E-state index in [1.165, 1.54) is 5.56 Å². The second-order valence-corrected chi connectivity index (χ2v) is 6.34. The number of fused-ring (bicyclic) bond motifs is 1. The van der Waals surface area contributed by atoms with E-state index in [9.17, 15) is 9.59 Å². The summed E-state index contributed by atoms with van der Waals surface area (Å²) in [7, 11) is 0. The average Bonchev–Trinajstić information content (AvgIpc) is 2.89. The van der Waals surface area contributed by atoms with Crippen molar-refractivity contribution in [1.82, 2.24) is 0 Å². The van der Waals surface area contributed by atoms with Crippen LogP contribution in [0.3, 0.4) is 0 Å². The van der Waals surface area contributed by atoms with Gasteiger partial charge in [0.2, 0.25) is 0 Å². The normalized spacial score (nSPS) is 16.0. The molecule has 2 aromatic carbocycles. The molecule has 1 heterocycles. The molecule has 0 bridgehead atoms. The molecule has 0 radical (unpaired) electrons. The van der Waals surface area contributed by atoms with Gasteiger partial charge in [-0.15, -0.1) is 0 Å². The van der Waals surface area contributed by atoms with E-state index in [0.717, 1.165) is 29.5 Å². The van der Waals surface area contributed by atoms with Crippen LogP contribution < -0.4 is 9.64 Å². The predicted molar refractivity (Wildman–Crippen MR) is 93.9 cm³/mol. The number of aryl methyl sites for hydroxylation is 2. The maximum Gasteiger partial charge on any atom is 0.265 e. The smallest absolute Gasteiger partial charge is 0.265 e. The fraction of sp³-hybridized carbons (Fsp3) is 0.300.